The Balaban J connectivity index is 2.39. The maximum atomic E-state index is 5.07. The van der Waals surface area contributed by atoms with E-state index in [4.69, 9.17) is 9.26 Å². The molecule has 0 N–H and O–H groups in total. The molecular formula is C11H11BrN2O2. The zero-order chi connectivity index (χ0) is 11.5. The quantitative estimate of drug-likeness (QED) is 0.869. The lowest BCUT2D eigenvalue weighted by Crippen LogP contribution is -1.95. The van der Waals surface area contributed by atoms with Crippen LogP contribution in [0.4, 0.5) is 0 Å². The predicted molar refractivity (Wildman–Crippen MR) is 62.9 cm³/mol. The first kappa shape index (κ1) is 11.3. The molecule has 0 aliphatic rings. The van der Waals surface area contributed by atoms with E-state index in [1.165, 1.54) is 0 Å². The second kappa shape index (κ2) is 4.76. The summed E-state index contributed by atoms with van der Waals surface area (Å²) in [5.41, 5.74) is 2.37. The summed E-state index contributed by atoms with van der Waals surface area (Å²) in [7, 11) is 1.64. The first-order valence-electron chi connectivity index (χ1n) is 4.79. The Morgan fingerprint density at radius 2 is 2.19 bits per heavy atom. The first-order chi connectivity index (χ1) is 7.70. The molecule has 0 aliphatic carbocycles. The van der Waals surface area contributed by atoms with Gasteiger partial charge in [0.05, 0.1) is 18.0 Å². The Labute approximate surface area is 102 Å². The summed E-state index contributed by atoms with van der Waals surface area (Å²) in [6, 6.07) is 5.67. The van der Waals surface area contributed by atoms with Crippen molar-refractivity contribution in [2.75, 3.05) is 7.11 Å². The average Bonchev–Trinajstić information content (AvgIpc) is 2.69. The van der Waals surface area contributed by atoms with Gasteiger partial charge >= 0.3 is 0 Å². The van der Waals surface area contributed by atoms with Crippen molar-refractivity contribution in [3.05, 3.63) is 34.1 Å². The van der Waals surface area contributed by atoms with Crippen molar-refractivity contribution in [3.8, 4) is 11.4 Å². The Kier molecular flexibility index (Phi) is 3.36. The molecule has 0 spiro atoms. The molecule has 0 saturated carbocycles. The van der Waals surface area contributed by atoms with Gasteiger partial charge in [-0.25, -0.2) is 4.98 Å². The average molecular weight is 283 g/mol. The maximum Gasteiger partial charge on any atom is 0.134 e. The normalized spacial score (nSPS) is 10.7. The monoisotopic (exact) mass is 282 g/mol. The van der Waals surface area contributed by atoms with Gasteiger partial charge in [-0.3, -0.25) is 0 Å². The molecule has 5 heteroatoms. The van der Waals surface area contributed by atoms with Crippen LogP contribution in [0.15, 0.2) is 27.2 Å². The van der Waals surface area contributed by atoms with Crippen LogP contribution in [-0.4, -0.2) is 17.3 Å². The van der Waals surface area contributed by atoms with Crippen LogP contribution in [0.2, 0.25) is 0 Å². The van der Waals surface area contributed by atoms with E-state index in [-0.39, 0.29) is 0 Å². The molecule has 16 heavy (non-hydrogen) atoms. The lowest BCUT2D eigenvalue weighted by Gasteiger charge is -2.03. The second-order valence-corrected chi connectivity index (χ2v) is 4.24. The van der Waals surface area contributed by atoms with E-state index in [0.717, 1.165) is 27.3 Å². The molecule has 0 radical (unpaired) electrons. The standard InChI is InChI=1S/C11H11BrN2O2/c1-7-5-10(14-16-7)9-4-3-8(12)11(13-9)6-15-2/h3-5H,6H2,1-2H3. The minimum Gasteiger partial charge on any atom is -0.378 e. The van der Waals surface area contributed by atoms with Crippen LogP contribution in [-0.2, 0) is 11.3 Å². The van der Waals surface area contributed by atoms with Gasteiger partial charge in [0.15, 0.2) is 0 Å². The van der Waals surface area contributed by atoms with Crippen molar-refractivity contribution >= 4 is 15.9 Å². The molecule has 0 amide bonds. The zero-order valence-corrected chi connectivity index (χ0v) is 10.6. The smallest absolute Gasteiger partial charge is 0.134 e. The van der Waals surface area contributed by atoms with Gasteiger partial charge in [-0.1, -0.05) is 5.16 Å². The Bertz CT molecular complexity index is 496. The van der Waals surface area contributed by atoms with Crippen LogP contribution in [0.3, 0.4) is 0 Å². The number of hydrogen-bond donors (Lipinski definition) is 0. The highest BCUT2D eigenvalue weighted by atomic mass is 79.9. The number of halogens is 1. The number of pyridine rings is 1. The summed E-state index contributed by atoms with van der Waals surface area (Å²) in [5.74, 6) is 0.771. The van der Waals surface area contributed by atoms with Crippen LogP contribution < -0.4 is 0 Å². The zero-order valence-electron chi connectivity index (χ0n) is 9.03. The molecule has 84 valence electrons. The van der Waals surface area contributed by atoms with Gasteiger partial charge in [0.1, 0.15) is 11.5 Å². The van der Waals surface area contributed by atoms with E-state index in [9.17, 15) is 0 Å². The van der Waals surface area contributed by atoms with E-state index in [1.54, 1.807) is 7.11 Å². The fourth-order valence-corrected chi connectivity index (χ4v) is 1.69. The maximum absolute atomic E-state index is 5.07. The van der Waals surface area contributed by atoms with Gasteiger partial charge < -0.3 is 9.26 Å². The molecule has 0 aromatic carbocycles. The van der Waals surface area contributed by atoms with Crippen LogP contribution in [0.5, 0.6) is 0 Å². The molecule has 0 fully saturated rings. The lowest BCUT2D eigenvalue weighted by molar-refractivity contribution is 0.181. The van der Waals surface area contributed by atoms with Crippen LogP contribution in [0.1, 0.15) is 11.5 Å². The van der Waals surface area contributed by atoms with E-state index < -0.39 is 0 Å². The Morgan fingerprint density at radius 1 is 1.38 bits per heavy atom. The minimum atomic E-state index is 0.464. The molecule has 2 heterocycles. The van der Waals surface area contributed by atoms with Crippen molar-refractivity contribution in [2.24, 2.45) is 0 Å². The third-order valence-electron chi connectivity index (χ3n) is 2.09. The Morgan fingerprint density at radius 3 is 2.81 bits per heavy atom. The number of aromatic nitrogens is 2. The molecule has 0 saturated heterocycles. The van der Waals surface area contributed by atoms with Crippen molar-refractivity contribution in [2.45, 2.75) is 13.5 Å². The van der Waals surface area contributed by atoms with Gasteiger partial charge in [-0.05, 0) is 35.0 Å². The van der Waals surface area contributed by atoms with Gasteiger partial charge in [0.2, 0.25) is 0 Å². The van der Waals surface area contributed by atoms with E-state index in [2.05, 4.69) is 26.1 Å². The second-order valence-electron chi connectivity index (χ2n) is 3.38. The summed E-state index contributed by atoms with van der Waals surface area (Å²) in [6.45, 7) is 2.32. The van der Waals surface area contributed by atoms with Crippen molar-refractivity contribution in [3.63, 3.8) is 0 Å². The number of rotatable bonds is 3. The fraction of sp³-hybridized carbons (Fsp3) is 0.273. The molecule has 2 rings (SSSR count). The molecule has 0 bridgehead atoms. The van der Waals surface area contributed by atoms with E-state index >= 15 is 0 Å². The van der Waals surface area contributed by atoms with E-state index in [1.807, 2.05) is 25.1 Å². The van der Waals surface area contributed by atoms with Crippen LogP contribution >= 0.6 is 15.9 Å². The molecule has 0 aliphatic heterocycles. The number of ether oxygens (including phenoxy) is 1. The summed E-state index contributed by atoms with van der Waals surface area (Å²) in [5, 5.41) is 3.92. The minimum absolute atomic E-state index is 0.464. The number of hydrogen-bond acceptors (Lipinski definition) is 4. The summed E-state index contributed by atoms with van der Waals surface area (Å²) in [6.07, 6.45) is 0. The highest BCUT2D eigenvalue weighted by Gasteiger charge is 2.08. The number of methoxy groups -OCH3 is 1. The van der Waals surface area contributed by atoms with Crippen LogP contribution in [0, 0.1) is 6.92 Å². The Hall–Kier alpha value is -1.20. The third kappa shape index (κ3) is 2.31. The molecular weight excluding hydrogens is 272 g/mol. The summed E-state index contributed by atoms with van der Waals surface area (Å²) >= 11 is 3.42. The SMILES string of the molecule is COCc1nc(-c2cc(C)on2)ccc1Br. The van der Waals surface area contributed by atoms with Crippen molar-refractivity contribution in [1.82, 2.24) is 10.1 Å². The molecule has 4 nitrogen and oxygen atoms in total. The third-order valence-corrected chi connectivity index (χ3v) is 2.81. The van der Waals surface area contributed by atoms with Crippen molar-refractivity contribution in [1.29, 1.82) is 0 Å². The summed E-state index contributed by atoms with van der Waals surface area (Å²) < 4.78 is 11.0. The van der Waals surface area contributed by atoms with E-state index in [0.29, 0.717) is 6.61 Å². The highest BCUT2D eigenvalue weighted by molar-refractivity contribution is 9.10. The summed E-state index contributed by atoms with van der Waals surface area (Å²) in [4.78, 5) is 4.45. The highest BCUT2D eigenvalue weighted by Crippen LogP contribution is 2.22. The molecule has 2 aromatic heterocycles. The lowest BCUT2D eigenvalue weighted by atomic mass is 10.2. The molecule has 0 atom stereocenters. The molecule has 2 aromatic rings. The number of aryl methyl sites for hydroxylation is 1. The van der Waals surface area contributed by atoms with Gasteiger partial charge in [-0.15, -0.1) is 0 Å². The topological polar surface area (TPSA) is 48.2 Å². The van der Waals surface area contributed by atoms with Gasteiger partial charge in [0.25, 0.3) is 0 Å². The van der Waals surface area contributed by atoms with Crippen molar-refractivity contribution < 1.29 is 9.26 Å². The van der Waals surface area contributed by atoms with Gasteiger partial charge in [-0.2, -0.15) is 0 Å². The molecule has 0 unspecified atom stereocenters. The largest absolute Gasteiger partial charge is 0.378 e. The number of nitrogens with zero attached hydrogens (tertiary/aromatic N) is 2. The first-order valence-corrected chi connectivity index (χ1v) is 5.58. The predicted octanol–water partition coefficient (Wildman–Crippen LogP) is 2.95. The fourth-order valence-electron chi connectivity index (χ4n) is 1.35. The van der Waals surface area contributed by atoms with Crippen LogP contribution in [0.25, 0.3) is 11.4 Å². The van der Waals surface area contributed by atoms with Gasteiger partial charge in [0, 0.05) is 17.6 Å².